The Hall–Kier alpha value is -2.41. The van der Waals surface area contributed by atoms with E-state index < -0.39 is 10.0 Å². The molecule has 112 valence electrons. The lowest BCUT2D eigenvalue weighted by Gasteiger charge is -2.11. The first kappa shape index (κ1) is 15.0. The third-order valence-electron chi connectivity index (χ3n) is 2.77. The highest BCUT2D eigenvalue weighted by atomic mass is 32.2. The zero-order valence-electron chi connectivity index (χ0n) is 11.7. The van der Waals surface area contributed by atoms with Crippen LogP contribution < -0.4 is 19.9 Å². The molecule has 21 heavy (non-hydrogen) atoms. The molecule has 0 heterocycles. The van der Waals surface area contributed by atoms with Crippen LogP contribution in [0.15, 0.2) is 47.4 Å². The number of anilines is 2. The molecule has 6 nitrogen and oxygen atoms in total. The van der Waals surface area contributed by atoms with Gasteiger partial charge in [-0.2, -0.15) is 0 Å². The lowest BCUT2D eigenvalue weighted by molar-refractivity contribution is 0.395. The summed E-state index contributed by atoms with van der Waals surface area (Å²) in [5, 5.41) is 0. The second-order valence-electron chi connectivity index (χ2n) is 4.28. The van der Waals surface area contributed by atoms with Crippen molar-refractivity contribution in [3.8, 4) is 11.5 Å². The Bertz CT molecular complexity index is 722. The summed E-state index contributed by atoms with van der Waals surface area (Å²) in [5.74, 6) is 0.972. The van der Waals surface area contributed by atoms with E-state index in [0.29, 0.717) is 22.9 Å². The Morgan fingerprint density at radius 1 is 1.00 bits per heavy atom. The van der Waals surface area contributed by atoms with Crippen LogP contribution in [-0.4, -0.2) is 22.6 Å². The Balaban J connectivity index is 2.36. The fourth-order valence-electron chi connectivity index (χ4n) is 1.76. The standard InChI is InChI=1S/C14H16N2O4S/c1-19-12-7-11(8-13(9-12)20-2)16-21(17,18)14-5-3-4-10(15)6-14/h3-9,16H,15H2,1-2H3. The van der Waals surface area contributed by atoms with Crippen LogP contribution in [0.1, 0.15) is 0 Å². The molecular formula is C14H16N2O4S. The van der Waals surface area contributed by atoms with E-state index in [4.69, 9.17) is 15.2 Å². The fourth-order valence-corrected chi connectivity index (χ4v) is 2.86. The summed E-state index contributed by atoms with van der Waals surface area (Å²) in [6.07, 6.45) is 0. The van der Waals surface area contributed by atoms with E-state index in [9.17, 15) is 8.42 Å². The third kappa shape index (κ3) is 3.57. The van der Waals surface area contributed by atoms with Crippen molar-refractivity contribution in [2.75, 3.05) is 24.7 Å². The van der Waals surface area contributed by atoms with Crippen LogP contribution in [-0.2, 0) is 10.0 Å². The van der Waals surface area contributed by atoms with Crippen LogP contribution in [0, 0.1) is 0 Å². The van der Waals surface area contributed by atoms with Gasteiger partial charge in [0.15, 0.2) is 0 Å². The van der Waals surface area contributed by atoms with Crippen molar-refractivity contribution in [1.29, 1.82) is 0 Å². The molecule has 0 amide bonds. The zero-order chi connectivity index (χ0) is 15.5. The smallest absolute Gasteiger partial charge is 0.261 e. The first-order valence-electron chi connectivity index (χ1n) is 6.06. The van der Waals surface area contributed by atoms with E-state index >= 15 is 0 Å². The van der Waals surface area contributed by atoms with E-state index in [1.165, 1.54) is 26.4 Å². The molecule has 0 aromatic heterocycles. The third-order valence-corrected chi connectivity index (χ3v) is 4.15. The number of ether oxygens (including phenoxy) is 2. The monoisotopic (exact) mass is 308 g/mol. The van der Waals surface area contributed by atoms with Gasteiger partial charge in [0.1, 0.15) is 11.5 Å². The number of nitrogens with one attached hydrogen (secondary N) is 1. The molecule has 0 radical (unpaired) electrons. The minimum atomic E-state index is -3.73. The van der Waals surface area contributed by atoms with Gasteiger partial charge in [0, 0.05) is 23.9 Å². The summed E-state index contributed by atoms with van der Waals surface area (Å²) in [6.45, 7) is 0. The van der Waals surface area contributed by atoms with Crippen molar-refractivity contribution >= 4 is 21.4 Å². The number of hydrogen-bond donors (Lipinski definition) is 2. The summed E-state index contributed by atoms with van der Waals surface area (Å²) in [5.41, 5.74) is 6.33. The highest BCUT2D eigenvalue weighted by Crippen LogP contribution is 2.27. The maximum absolute atomic E-state index is 12.3. The summed E-state index contributed by atoms with van der Waals surface area (Å²) in [4.78, 5) is 0.0873. The van der Waals surface area contributed by atoms with Gasteiger partial charge < -0.3 is 15.2 Å². The van der Waals surface area contributed by atoms with Crippen molar-refractivity contribution in [3.05, 3.63) is 42.5 Å². The van der Waals surface area contributed by atoms with Gasteiger partial charge in [-0.1, -0.05) is 6.07 Å². The molecule has 0 saturated heterocycles. The number of benzene rings is 2. The van der Waals surface area contributed by atoms with Crippen LogP contribution in [0.2, 0.25) is 0 Å². The van der Waals surface area contributed by atoms with Crippen LogP contribution in [0.25, 0.3) is 0 Å². The zero-order valence-corrected chi connectivity index (χ0v) is 12.5. The van der Waals surface area contributed by atoms with E-state index in [0.717, 1.165) is 0 Å². The minimum absolute atomic E-state index is 0.0873. The van der Waals surface area contributed by atoms with Gasteiger partial charge in [-0.3, -0.25) is 4.72 Å². The summed E-state index contributed by atoms with van der Waals surface area (Å²) >= 11 is 0. The van der Waals surface area contributed by atoms with E-state index in [-0.39, 0.29) is 4.90 Å². The summed E-state index contributed by atoms with van der Waals surface area (Å²) < 4.78 is 37.3. The summed E-state index contributed by atoms with van der Waals surface area (Å²) in [7, 11) is -0.745. The molecule has 2 rings (SSSR count). The molecule has 2 aromatic rings. The van der Waals surface area contributed by atoms with Crippen molar-refractivity contribution in [1.82, 2.24) is 0 Å². The molecule has 0 bridgehead atoms. The number of methoxy groups -OCH3 is 2. The van der Waals surface area contributed by atoms with Gasteiger partial charge in [0.25, 0.3) is 10.0 Å². The van der Waals surface area contributed by atoms with Crippen LogP contribution in [0.3, 0.4) is 0 Å². The molecule has 2 aromatic carbocycles. The Kier molecular flexibility index (Phi) is 4.23. The average molecular weight is 308 g/mol. The van der Waals surface area contributed by atoms with Crippen molar-refractivity contribution in [2.45, 2.75) is 4.90 Å². The maximum Gasteiger partial charge on any atom is 0.261 e. The molecule has 0 spiro atoms. The number of rotatable bonds is 5. The molecule has 0 fully saturated rings. The van der Waals surface area contributed by atoms with Crippen LogP contribution in [0.5, 0.6) is 11.5 Å². The number of nitrogens with two attached hydrogens (primary N) is 1. The first-order valence-corrected chi connectivity index (χ1v) is 7.54. The number of hydrogen-bond acceptors (Lipinski definition) is 5. The van der Waals surface area contributed by atoms with Gasteiger partial charge in [0.05, 0.1) is 24.8 Å². The van der Waals surface area contributed by atoms with Gasteiger partial charge in [-0.15, -0.1) is 0 Å². The topological polar surface area (TPSA) is 90.7 Å². The molecule has 0 atom stereocenters. The van der Waals surface area contributed by atoms with E-state index in [1.807, 2.05) is 0 Å². The second kappa shape index (κ2) is 5.92. The average Bonchev–Trinajstić information content (AvgIpc) is 2.46. The van der Waals surface area contributed by atoms with Crippen LogP contribution in [0.4, 0.5) is 11.4 Å². The molecule has 0 saturated carbocycles. The Morgan fingerprint density at radius 2 is 1.62 bits per heavy atom. The number of nitrogen functional groups attached to an aromatic ring is 1. The Morgan fingerprint density at radius 3 is 2.14 bits per heavy atom. The lowest BCUT2D eigenvalue weighted by Crippen LogP contribution is -2.13. The first-order chi connectivity index (χ1) is 9.94. The number of sulfonamides is 1. The highest BCUT2D eigenvalue weighted by molar-refractivity contribution is 7.92. The van der Waals surface area contributed by atoms with Gasteiger partial charge in [-0.05, 0) is 18.2 Å². The van der Waals surface area contributed by atoms with Crippen molar-refractivity contribution in [2.24, 2.45) is 0 Å². The van der Waals surface area contributed by atoms with Crippen LogP contribution >= 0.6 is 0 Å². The maximum atomic E-state index is 12.3. The lowest BCUT2D eigenvalue weighted by atomic mass is 10.3. The molecule has 0 aliphatic heterocycles. The SMILES string of the molecule is COc1cc(NS(=O)(=O)c2cccc(N)c2)cc(OC)c1. The van der Waals surface area contributed by atoms with E-state index in [2.05, 4.69) is 4.72 Å². The van der Waals surface area contributed by atoms with Gasteiger partial charge in [-0.25, -0.2) is 8.42 Å². The molecular weight excluding hydrogens is 292 g/mol. The predicted octanol–water partition coefficient (Wildman–Crippen LogP) is 2.09. The molecule has 3 N–H and O–H groups in total. The molecule has 0 aliphatic rings. The van der Waals surface area contributed by atoms with Gasteiger partial charge in [0.2, 0.25) is 0 Å². The molecule has 0 unspecified atom stereocenters. The van der Waals surface area contributed by atoms with Crippen molar-refractivity contribution in [3.63, 3.8) is 0 Å². The summed E-state index contributed by atoms with van der Waals surface area (Å²) in [6, 6.07) is 10.8. The molecule has 7 heteroatoms. The largest absolute Gasteiger partial charge is 0.497 e. The second-order valence-corrected chi connectivity index (χ2v) is 5.96. The van der Waals surface area contributed by atoms with Gasteiger partial charge >= 0.3 is 0 Å². The highest BCUT2D eigenvalue weighted by Gasteiger charge is 2.15. The normalized spacial score (nSPS) is 11.0. The van der Waals surface area contributed by atoms with Crippen molar-refractivity contribution < 1.29 is 17.9 Å². The quantitative estimate of drug-likeness (QED) is 0.825. The Labute approximate surface area is 123 Å². The minimum Gasteiger partial charge on any atom is -0.497 e. The van der Waals surface area contributed by atoms with E-state index in [1.54, 1.807) is 30.3 Å². The molecule has 0 aliphatic carbocycles. The fraction of sp³-hybridized carbons (Fsp3) is 0.143. The predicted molar refractivity (Wildman–Crippen MR) is 81.2 cm³/mol.